The molecule has 0 spiro atoms. The quantitative estimate of drug-likeness (QED) is 0.635. The molecule has 0 aliphatic carbocycles. The molecule has 10 heteroatoms. The summed E-state index contributed by atoms with van der Waals surface area (Å²) in [5.74, 6) is -1.21. The molecule has 1 amide bonds. The van der Waals surface area contributed by atoms with Crippen LogP contribution in [0.4, 0.5) is 10.1 Å². The number of hydrogen-bond acceptors (Lipinski definition) is 5. The standard InChI is InChI=1S/C22H23FN4O4S/c1-15-13-16(2)27(25-15)20-8-7-17(14-19(20)23)24-22(28)18-5-3-4-6-21(18)32(29,30)26-9-11-31-12-10-26/h3-8,13-14H,9-12H2,1-2H3,(H,24,28). The van der Waals surface area contributed by atoms with Crippen LogP contribution in [0.2, 0.25) is 0 Å². The number of carbonyl (C=O) groups is 1. The largest absolute Gasteiger partial charge is 0.379 e. The lowest BCUT2D eigenvalue weighted by atomic mass is 10.2. The minimum absolute atomic E-state index is 0.0120. The number of anilines is 1. The Hall–Kier alpha value is -3.08. The van der Waals surface area contributed by atoms with Crippen molar-refractivity contribution in [1.82, 2.24) is 14.1 Å². The normalized spacial score (nSPS) is 15.0. The average Bonchev–Trinajstić information content (AvgIpc) is 3.12. The maximum absolute atomic E-state index is 14.8. The third-order valence-electron chi connectivity index (χ3n) is 5.16. The minimum Gasteiger partial charge on any atom is -0.379 e. The molecule has 2 heterocycles. The molecule has 168 valence electrons. The molecule has 1 N–H and O–H groups in total. The third-order valence-corrected chi connectivity index (χ3v) is 7.12. The topological polar surface area (TPSA) is 93.5 Å². The van der Waals surface area contributed by atoms with E-state index in [9.17, 15) is 17.6 Å². The van der Waals surface area contributed by atoms with Crippen molar-refractivity contribution in [3.05, 3.63) is 71.3 Å². The summed E-state index contributed by atoms with van der Waals surface area (Å²) in [7, 11) is -3.88. The van der Waals surface area contributed by atoms with Gasteiger partial charge in [0.15, 0.2) is 5.82 Å². The lowest BCUT2D eigenvalue weighted by molar-refractivity contribution is 0.0730. The fourth-order valence-electron chi connectivity index (χ4n) is 3.63. The van der Waals surface area contributed by atoms with Gasteiger partial charge in [0.05, 0.1) is 29.4 Å². The number of nitrogens with zero attached hydrogens (tertiary/aromatic N) is 3. The van der Waals surface area contributed by atoms with E-state index in [1.165, 1.54) is 33.3 Å². The molecule has 1 saturated heterocycles. The molecule has 3 aromatic rings. The van der Waals surface area contributed by atoms with Crippen LogP contribution in [0.5, 0.6) is 0 Å². The van der Waals surface area contributed by atoms with Crippen molar-refractivity contribution in [3.8, 4) is 5.69 Å². The van der Waals surface area contributed by atoms with E-state index in [0.717, 1.165) is 11.4 Å². The highest BCUT2D eigenvalue weighted by Gasteiger charge is 2.30. The van der Waals surface area contributed by atoms with Crippen LogP contribution in [0.15, 0.2) is 53.4 Å². The number of sulfonamides is 1. The molecule has 0 bridgehead atoms. The van der Waals surface area contributed by atoms with Crippen LogP contribution in [0.25, 0.3) is 5.69 Å². The molecule has 1 aliphatic heterocycles. The van der Waals surface area contributed by atoms with Gasteiger partial charge in [-0.3, -0.25) is 4.79 Å². The van der Waals surface area contributed by atoms with Crippen LogP contribution < -0.4 is 5.32 Å². The van der Waals surface area contributed by atoms with E-state index < -0.39 is 21.7 Å². The summed E-state index contributed by atoms with van der Waals surface area (Å²) >= 11 is 0. The van der Waals surface area contributed by atoms with Gasteiger partial charge < -0.3 is 10.1 Å². The number of morpholine rings is 1. The number of nitrogens with one attached hydrogen (secondary N) is 1. The summed E-state index contributed by atoms with van der Waals surface area (Å²) in [6.07, 6.45) is 0. The van der Waals surface area contributed by atoms with Gasteiger partial charge in [-0.25, -0.2) is 17.5 Å². The molecule has 0 radical (unpaired) electrons. The fourth-order valence-corrected chi connectivity index (χ4v) is 5.23. The zero-order chi connectivity index (χ0) is 22.9. The van der Waals surface area contributed by atoms with Crippen LogP contribution >= 0.6 is 0 Å². The Kier molecular flexibility index (Phi) is 6.09. The van der Waals surface area contributed by atoms with Gasteiger partial charge in [0.1, 0.15) is 5.69 Å². The average molecular weight is 459 g/mol. The first-order valence-electron chi connectivity index (χ1n) is 10.1. The maximum atomic E-state index is 14.8. The van der Waals surface area contributed by atoms with Crippen LogP contribution in [0, 0.1) is 19.7 Å². The van der Waals surface area contributed by atoms with E-state index in [1.807, 2.05) is 19.9 Å². The highest BCUT2D eigenvalue weighted by atomic mass is 32.2. The molecular formula is C22H23FN4O4S. The van der Waals surface area contributed by atoms with Crippen molar-refractivity contribution >= 4 is 21.6 Å². The van der Waals surface area contributed by atoms with Crippen LogP contribution in [0.1, 0.15) is 21.7 Å². The number of rotatable bonds is 5. The van der Waals surface area contributed by atoms with Gasteiger partial charge in [-0.2, -0.15) is 9.40 Å². The predicted octanol–water partition coefficient (Wildman–Crippen LogP) is 2.90. The molecular weight excluding hydrogens is 435 g/mol. The number of benzene rings is 2. The number of hydrogen-bond donors (Lipinski definition) is 1. The van der Waals surface area contributed by atoms with E-state index in [1.54, 1.807) is 18.2 Å². The van der Waals surface area contributed by atoms with Gasteiger partial charge in [-0.05, 0) is 50.2 Å². The summed E-state index contributed by atoms with van der Waals surface area (Å²) < 4.78 is 48.9. The van der Waals surface area contributed by atoms with Crippen molar-refractivity contribution in [2.24, 2.45) is 0 Å². The van der Waals surface area contributed by atoms with Gasteiger partial charge in [0, 0.05) is 24.5 Å². The summed E-state index contributed by atoms with van der Waals surface area (Å²) in [5, 5.41) is 6.87. The molecule has 4 rings (SSSR count). The van der Waals surface area contributed by atoms with Crippen molar-refractivity contribution in [1.29, 1.82) is 0 Å². The Balaban J connectivity index is 1.60. The zero-order valence-electron chi connectivity index (χ0n) is 17.7. The van der Waals surface area contributed by atoms with Crippen molar-refractivity contribution in [3.63, 3.8) is 0 Å². The SMILES string of the molecule is Cc1cc(C)n(-c2ccc(NC(=O)c3ccccc3S(=O)(=O)N3CCOCC3)cc2F)n1. The summed E-state index contributed by atoms with van der Waals surface area (Å²) in [4.78, 5) is 12.8. The van der Waals surface area contributed by atoms with Gasteiger partial charge in [0.2, 0.25) is 10.0 Å². The first kappa shape index (κ1) is 22.1. The number of aryl methyl sites for hydroxylation is 2. The Morgan fingerprint density at radius 1 is 1.09 bits per heavy atom. The Bertz CT molecular complexity index is 1270. The van der Waals surface area contributed by atoms with E-state index in [2.05, 4.69) is 10.4 Å². The molecule has 0 atom stereocenters. The first-order valence-corrected chi connectivity index (χ1v) is 11.5. The van der Waals surface area contributed by atoms with Gasteiger partial charge in [-0.1, -0.05) is 12.1 Å². The number of amides is 1. The Morgan fingerprint density at radius 2 is 1.81 bits per heavy atom. The predicted molar refractivity (Wildman–Crippen MR) is 117 cm³/mol. The van der Waals surface area contributed by atoms with Crippen molar-refractivity contribution < 1.29 is 22.3 Å². The summed E-state index contributed by atoms with van der Waals surface area (Å²) in [6.45, 7) is 4.68. The van der Waals surface area contributed by atoms with Gasteiger partial charge in [-0.15, -0.1) is 0 Å². The minimum atomic E-state index is -3.88. The second kappa shape index (κ2) is 8.81. The molecule has 1 aromatic heterocycles. The third kappa shape index (κ3) is 4.29. The number of ether oxygens (including phenoxy) is 1. The summed E-state index contributed by atoms with van der Waals surface area (Å²) in [5.41, 5.74) is 1.99. The number of halogens is 1. The highest BCUT2D eigenvalue weighted by Crippen LogP contribution is 2.24. The van der Waals surface area contributed by atoms with Crippen LogP contribution in [-0.2, 0) is 14.8 Å². The number of aromatic nitrogens is 2. The Labute approximate surface area is 185 Å². The molecule has 0 unspecified atom stereocenters. The van der Waals surface area contributed by atoms with Crippen molar-refractivity contribution in [2.75, 3.05) is 31.6 Å². The van der Waals surface area contributed by atoms with Crippen LogP contribution in [-0.4, -0.2) is 54.7 Å². The molecule has 1 fully saturated rings. The van der Waals surface area contributed by atoms with E-state index in [4.69, 9.17) is 4.74 Å². The van der Waals surface area contributed by atoms with E-state index >= 15 is 0 Å². The monoisotopic (exact) mass is 458 g/mol. The molecule has 2 aromatic carbocycles. The molecule has 1 aliphatic rings. The van der Waals surface area contributed by atoms with E-state index in [-0.39, 0.29) is 34.9 Å². The fraction of sp³-hybridized carbons (Fsp3) is 0.273. The second-order valence-corrected chi connectivity index (χ2v) is 9.38. The summed E-state index contributed by atoms with van der Waals surface area (Å²) in [6, 6.07) is 12.1. The number of carbonyl (C=O) groups excluding carboxylic acids is 1. The smallest absolute Gasteiger partial charge is 0.257 e. The van der Waals surface area contributed by atoms with Crippen molar-refractivity contribution in [2.45, 2.75) is 18.7 Å². The lowest BCUT2D eigenvalue weighted by Gasteiger charge is -2.26. The first-order chi connectivity index (χ1) is 15.3. The molecule has 0 saturated carbocycles. The van der Waals surface area contributed by atoms with Gasteiger partial charge in [0.25, 0.3) is 5.91 Å². The van der Waals surface area contributed by atoms with Gasteiger partial charge >= 0.3 is 0 Å². The lowest BCUT2D eigenvalue weighted by Crippen LogP contribution is -2.41. The van der Waals surface area contributed by atoms with E-state index in [0.29, 0.717) is 13.2 Å². The molecule has 32 heavy (non-hydrogen) atoms. The maximum Gasteiger partial charge on any atom is 0.257 e. The molecule has 8 nitrogen and oxygen atoms in total. The zero-order valence-corrected chi connectivity index (χ0v) is 18.5. The second-order valence-electron chi connectivity index (χ2n) is 7.47. The highest BCUT2D eigenvalue weighted by molar-refractivity contribution is 7.89. The Morgan fingerprint density at radius 3 is 2.47 bits per heavy atom. The van der Waals surface area contributed by atoms with Crippen LogP contribution in [0.3, 0.4) is 0 Å².